The monoisotopic (exact) mass is 255 g/mol. The molecule has 0 aliphatic heterocycles. The molecule has 0 atom stereocenters. The molecule has 0 bridgehead atoms. The van der Waals surface area contributed by atoms with Crippen LogP contribution < -0.4 is 11.4 Å². The van der Waals surface area contributed by atoms with E-state index in [9.17, 15) is 9.59 Å². The van der Waals surface area contributed by atoms with Crippen molar-refractivity contribution in [2.24, 2.45) is 0 Å². The van der Waals surface area contributed by atoms with E-state index >= 15 is 0 Å². The minimum absolute atomic E-state index is 0.285. The highest BCUT2D eigenvalue weighted by atomic mass is 35.5. The molecule has 17 heavy (non-hydrogen) atoms. The highest BCUT2D eigenvalue weighted by Crippen LogP contribution is 2.15. The van der Waals surface area contributed by atoms with E-state index in [2.05, 4.69) is 4.42 Å². The van der Waals surface area contributed by atoms with Crippen LogP contribution in [-0.2, 0) is 11.3 Å². The summed E-state index contributed by atoms with van der Waals surface area (Å²) in [5.74, 6) is -0.693. The van der Waals surface area contributed by atoms with Crippen LogP contribution in [0.2, 0.25) is 5.02 Å². The lowest BCUT2D eigenvalue weighted by Gasteiger charge is -2.07. The summed E-state index contributed by atoms with van der Waals surface area (Å²) in [6, 6.07) is 4.71. The maximum absolute atomic E-state index is 11.6. The Morgan fingerprint density at radius 3 is 2.88 bits per heavy atom. The van der Waals surface area contributed by atoms with Gasteiger partial charge in [0.05, 0.1) is 24.1 Å². The summed E-state index contributed by atoms with van der Waals surface area (Å²) in [5.41, 5.74) is -0.186. The van der Waals surface area contributed by atoms with E-state index in [0.717, 1.165) is 0 Å². The number of methoxy groups -OCH3 is 1. The fourth-order valence-electron chi connectivity index (χ4n) is 1.59. The summed E-state index contributed by atoms with van der Waals surface area (Å²) in [6.45, 7) is 0.669. The van der Waals surface area contributed by atoms with Crippen LogP contribution in [0.5, 0.6) is 0 Å². The quantitative estimate of drug-likeness (QED) is 0.828. The van der Waals surface area contributed by atoms with Crippen molar-refractivity contribution in [1.29, 1.82) is 0 Å². The number of hydrogen-bond donors (Lipinski definition) is 0. The molecule has 0 saturated carbocycles. The highest BCUT2D eigenvalue weighted by molar-refractivity contribution is 6.31. The molecular weight excluding hydrogens is 246 g/mol. The van der Waals surface area contributed by atoms with Crippen LogP contribution in [0.4, 0.5) is 0 Å². The highest BCUT2D eigenvalue weighted by Gasteiger charge is 2.09. The molecule has 0 aliphatic carbocycles. The van der Waals surface area contributed by atoms with Gasteiger partial charge in [-0.2, -0.15) is 0 Å². The zero-order valence-corrected chi connectivity index (χ0v) is 9.86. The van der Waals surface area contributed by atoms with Gasteiger partial charge in [0, 0.05) is 12.1 Å². The molecule has 90 valence electrons. The molecule has 2 rings (SSSR count). The van der Waals surface area contributed by atoms with Gasteiger partial charge in [-0.25, -0.2) is 9.59 Å². The Labute approximate surface area is 101 Å². The van der Waals surface area contributed by atoms with E-state index in [-0.39, 0.29) is 5.39 Å². The van der Waals surface area contributed by atoms with E-state index in [1.807, 2.05) is 0 Å². The van der Waals surface area contributed by atoms with Crippen molar-refractivity contribution >= 4 is 22.5 Å². The van der Waals surface area contributed by atoms with Gasteiger partial charge in [0.2, 0.25) is 0 Å². The first-order valence-electron chi connectivity index (χ1n) is 4.95. The molecule has 0 spiro atoms. The lowest BCUT2D eigenvalue weighted by atomic mass is 10.2. The average Bonchev–Trinajstić information content (AvgIpc) is 2.29. The van der Waals surface area contributed by atoms with Crippen molar-refractivity contribution < 1.29 is 9.15 Å². The van der Waals surface area contributed by atoms with Gasteiger partial charge in [-0.1, -0.05) is 11.6 Å². The zero-order chi connectivity index (χ0) is 12.4. The maximum Gasteiger partial charge on any atom is 0.422 e. The third-order valence-electron chi connectivity index (χ3n) is 2.39. The second-order valence-corrected chi connectivity index (χ2v) is 3.90. The Balaban J connectivity index is 2.74. The second-order valence-electron chi connectivity index (χ2n) is 3.46. The number of ether oxygens (including phenoxy) is 1. The number of rotatable bonds is 3. The molecule has 0 N–H and O–H groups in total. The van der Waals surface area contributed by atoms with E-state index in [4.69, 9.17) is 16.3 Å². The lowest BCUT2D eigenvalue weighted by Crippen LogP contribution is -2.26. The standard InChI is InChI=1S/C11H10ClNO4/c1-16-5-4-13-9-3-2-7(12)6-8(9)10(14)17-11(13)15/h2-3,6H,4-5H2,1H3. The van der Waals surface area contributed by atoms with E-state index < -0.39 is 11.4 Å². The average molecular weight is 256 g/mol. The van der Waals surface area contributed by atoms with Crippen molar-refractivity contribution in [2.75, 3.05) is 13.7 Å². The van der Waals surface area contributed by atoms with Gasteiger partial charge in [0.15, 0.2) is 0 Å². The van der Waals surface area contributed by atoms with E-state index in [1.165, 1.54) is 17.7 Å². The molecule has 0 radical (unpaired) electrons. The first-order valence-corrected chi connectivity index (χ1v) is 5.33. The molecule has 1 aromatic carbocycles. The topological polar surface area (TPSA) is 61.4 Å². The maximum atomic E-state index is 11.6. The first-order chi connectivity index (χ1) is 8.13. The summed E-state index contributed by atoms with van der Waals surface area (Å²) in [5, 5.41) is 0.704. The Bertz CT molecular complexity index is 659. The summed E-state index contributed by atoms with van der Waals surface area (Å²) in [7, 11) is 1.53. The molecule has 0 fully saturated rings. The van der Waals surface area contributed by atoms with Gasteiger partial charge in [-0.05, 0) is 18.2 Å². The van der Waals surface area contributed by atoms with Crippen molar-refractivity contribution in [3.8, 4) is 0 Å². The summed E-state index contributed by atoms with van der Waals surface area (Å²) in [6.07, 6.45) is 0. The van der Waals surface area contributed by atoms with Gasteiger partial charge < -0.3 is 9.15 Å². The van der Waals surface area contributed by atoms with Crippen molar-refractivity contribution in [1.82, 2.24) is 4.57 Å². The summed E-state index contributed by atoms with van der Waals surface area (Å²) < 4.78 is 10.9. The van der Waals surface area contributed by atoms with Crippen LogP contribution >= 0.6 is 11.6 Å². The molecule has 0 saturated heterocycles. The minimum Gasteiger partial charge on any atom is -0.383 e. The third-order valence-corrected chi connectivity index (χ3v) is 2.62. The molecule has 1 aromatic heterocycles. The molecule has 6 heteroatoms. The minimum atomic E-state index is -0.693. The largest absolute Gasteiger partial charge is 0.422 e. The number of nitrogens with zero attached hydrogens (tertiary/aromatic N) is 1. The van der Waals surface area contributed by atoms with Crippen LogP contribution in [0.1, 0.15) is 0 Å². The molecule has 0 amide bonds. The fourth-order valence-corrected chi connectivity index (χ4v) is 1.76. The Hall–Kier alpha value is -1.59. The van der Waals surface area contributed by atoms with Crippen molar-refractivity contribution in [2.45, 2.75) is 6.54 Å². The third kappa shape index (κ3) is 2.25. The molecule has 5 nitrogen and oxygen atoms in total. The number of aromatic nitrogens is 1. The molecule has 0 unspecified atom stereocenters. The van der Waals surface area contributed by atoms with E-state index in [1.54, 1.807) is 12.1 Å². The zero-order valence-electron chi connectivity index (χ0n) is 9.10. The van der Waals surface area contributed by atoms with Gasteiger partial charge in [0.1, 0.15) is 0 Å². The number of halogens is 1. The molecule has 0 aliphatic rings. The van der Waals surface area contributed by atoms with Crippen LogP contribution in [0.25, 0.3) is 10.9 Å². The number of benzene rings is 1. The Kier molecular flexibility index (Phi) is 3.31. The predicted molar refractivity (Wildman–Crippen MR) is 63.6 cm³/mol. The van der Waals surface area contributed by atoms with Gasteiger partial charge in [0.25, 0.3) is 0 Å². The normalized spacial score (nSPS) is 10.9. The van der Waals surface area contributed by atoms with Crippen LogP contribution in [0.15, 0.2) is 32.2 Å². The molecular formula is C11H10ClNO4. The number of hydrogen-bond acceptors (Lipinski definition) is 4. The number of fused-ring (bicyclic) bond motifs is 1. The van der Waals surface area contributed by atoms with Crippen LogP contribution in [-0.4, -0.2) is 18.3 Å². The summed E-state index contributed by atoms with van der Waals surface area (Å²) >= 11 is 5.79. The first kappa shape index (κ1) is 11.9. The van der Waals surface area contributed by atoms with E-state index in [0.29, 0.717) is 23.7 Å². The smallest absolute Gasteiger partial charge is 0.383 e. The molecule has 1 heterocycles. The van der Waals surface area contributed by atoms with Crippen molar-refractivity contribution in [3.63, 3.8) is 0 Å². The van der Waals surface area contributed by atoms with Gasteiger partial charge in [-0.15, -0.1) is 0 Å². The fraction of sp³-hybridized carbons (Fsp3) is 0.273. The Morgan fingerprint density at radius 2 is 2.18 bits per heavy atom. The Morgan fingerprint density at radius 1 is 1.41 bits per heavy atom. The summed E-state index contributed by atoms with van der Waals surface area (Å²) in [4.78, 5) is 23.1. The second kappa shape index (κ2) is 4.73. The van der Waals surface area contributed by atoms with Crippen molar-refractivity contribution in [3.05, 3.63) is 44.2 Å². The van der Waals surface area contributed by atoms with Crippen LogP contribution in [0, 0.1) is 0 Å². The predicted octanol–water partition coefficient (Wildman–Crippen LogP) is 1.25. The SMILES string of the molecule is COCCn1c(=O)oc(=O)c2cc(Cl)ccc21. The van der Waals surface area contributed by atoms with Crippen LogP contribution in [0.3, 0.4) is 0 Å². The van der Waals surface area contributed by atoms with Gasteiger partial charge in [-0.3, -0.25) is 4.57 Å². The molecule has 2 aromatic rings. The van der Waals surface area contributed by atoms with Gasteiger partial charge >= 0.3 is 11.4 Å². The lowest BCUT2D eigenvalue weighted by molar-refractivity contribution is 0.184.